The van der Waals surface area contributed by atoms with Crippen molar-refractivity contribution in [3.63, 3.8) is 0 Å². The summed E-state index contributed by atoms with van der Waals surface area (Å²) in [5.41, 5.74) is 2.50. The number of fused-ring (bicyclic) bond motifs is 1. The molecule has 0 amide bonds. The highest BCUT2D eigenvalue weighted by molar-refractivity contribution is 7.93. The summed E-state index contributed by atoms with van der Waals surface area (Å²) in [6.07, 6.45) is 3.77. The highest BCUT2D eigenvalue weighted by Gasteiger charge is 2.26. The second-order valence-corrected chi connectivity index (χ2v) is 8.20. The summed E-state index contributed by atoms with van der Waals surface area (Å²) in [4.78, 5) is 18.8. The van der Waals surface area contributed by atoms with Crippen molar-refractivity contribution in [1.29, 1.82) is 0 Å². The summed E-state index contributed by atoms with van der Waals surface area (Å²) < 4.78 is 38.3. The molecule has 1 unspecified atom stereocenters. The molecule has 0 bridgehead atoms. The largest absolute Gasteiger partial charge is 0.433 e. The van der Waals surface area contributed by atoms with Crippen LogP contribution in [0.3, 0.4) is 0 Å². The van der Waals surface area contributed by atoms with Crippen molar-refractivity contribution in [2.24, 2.45) is 0 Å². The Morgan fingerprint density at radius 3 is 2.71 bits per heavy atom. The molecule has 6 nitrogen and oxygen atoms in total. The van der Waals surface area contributed by atoms with Crippen molar-refractivity contribution < 1.29 is 22.5 Å². The maximum Gasteiger partial charge on any atom is 0.387 e. The summed E-state index contributed by atoms with van der Waals surface area (Å²) in [5.74, 6) is 6.71. The van der Waals surface area contributed by atoms with Crippen LogP contribution in [0.2, 0.25) is 0 Å². The van der Waals surface area contributed by atoms with Crippen LogP contribution >= 0.6 is 12.0 Å². The molecule has 9 heteroatoms. The average Bonchev–Trinajstić information content (AvgIpc) is 3.16. The highest BCUT2D eigenvalue weighted by Crippen LogP contribution is 2.35. The molecule has 1 aromatic heterocycles. The number of rotatable bonds is 10. The van der Waals surface area contributed by atoms with Gasteiger partial charge in [0.2, 0.25) is 0 Å². The molecule has 1 atom stereocenters. The lowest BCUT2D eigenvalue weighted by Crippen LogP contribution is -2.23. The fourth-order valence-corrected chi connectivity index (χ4v) is 4.06. The lowest BCUT2D eigenvalue weighted by Gasteiger charge is -2.25. The number of halogens is 2. The van der Waals surface area contributed by atoms with Gasteiger partial charge in [0.1, 0.15) is 11.5 Å². The molecule has 34 heavy (non-hydrogen) atoms. The van der Waals surface area contributed by atoms with E-state index in [1.807, 2.05) is 50.4 Å². The van der Waals surface area contributed by atoms with Crippen molar-refractivity contribution in [1.82, 2.24) is 14.5 Å². The van der Waals surface area contributed by atoms with Gasteiger partial charge in [0, 0.05) is 23.8 Å². The fourth-order valence-electron chi connectivity index (χ4n) is 3.81. The van der Waals surface area contributed by atoms with Gasteiger partial charge in [-0.15, -0.1) is 0 Å². The quantitative estimate of drug-likeness (QED) is 0.163. The predicted octanol–water partition coefficient (Wildman–Crippen LogP) is 5.49. The van der Waals surface area contributed by atoms with E-state index in [0.717, 1.165) is 5.56 Å². The number of hydrogen-bond acceptors (Lipinski definition) is 6. The van der Waals surface area contributed by atoms with Crippen LogP contribution in [0.15, 0.2) is 36.4 Å². The maximum absolute atomic E-state index is 13.3. The molecule has 3 aromatic rings. The number of ether oxygens (including phenoxy) is 1. The predicted molar refractivity (Wildman–Crippen MR) is 131 cm³/mol. The van der Waals surface area contributed by atoms with Crippen LogP contribution < -0.4 is 4.74 Å². The minimum absolute atomic E-state index is 0.0977. The van der Waals surface area contributed by atoms with Gasteiger partial charge in [-0.2, -0.15) is 8.78 Å². The van der Waals surface area contributed by atoms with Gasteiger partial charge >= 0.3 is 6.61 Å². The number of imidazole rings is 1. The molecule has 0 N–H and O–H groups in total. The van der Waals surface area contributed by atoms with Gasteiger partial charge in [-0.3, -0.25) is 14.3 Å². The van der Waals surface area contributed by atoms with Crippen LogP contribution in [-0.2, 0) is 4.18 Å². The highest BCUT2D eigenvalue weighted by atomic mass is 32.2. The molecule has 0 aliphatic rings. The van der Waals surface area contributed by atoms with Gasteiger partial charge in [0.25, 0.3) is 0 Å². The number of hydrogen-bond donors (Lipinski definition) is 0. The SMILES string of the molecule is CCC(c1nc2ccc(C#CCCOSC)cc2n1-c1c(C=O)cccc1OC(F)F)N(C)C. The minimum atomic E-state index is -3.04. The van der Waals surface area contributed by atoms with Gasteiger partial charge in [-0.05, 0) is 62.9 Å². The molecule has 0 saturated carbocycles. The molecule has 0 aliphatic heterocycles. The Labute approximate surface area is 202 Å². The average molecular weight is 488 g/mol. The molecule has 0 spiro atoms. The summed E-state index contributed by atoms with van der Waals surface area (Å²) in [6, 6.07) is 9.94. The van der Waals surface area contributed by atoms with E-state index in [1.54, 1.807) is 10.6 Å². The number of alkyl halides is 2. The summed E-state index contributed by atoms with van der Waals surface area (Å²) in [7, 11) is 3.85. The zero-order valence-corrected chi connectivity index (χ0v) is 20.4. The van der Waals surface area contributed by atoms with Crippen LogP contribution in [0.25, 0.3) is 16.7 Å². The fraction of sp³-hybridized carbons (Fsp3) is 0.360. The molecule has 1 heterocycles. The van der Waals surface area contributed by atoms with E-state index >= 15 is 0 Å². The Morgan fingerprint density at radius 1 is 1.26 bits per heavy atom. The topological polar surface area (TPSA) is 56.6 Å². The van der Waals surface area contributed by atoms with Gasteiger partial charge in [0.15, 0.2) is 12.0 Å². The molecule has 0 saturated heterocycles. The minimum Gasteiger partial charge on any atom is -0.433 e. The van der Waals surface area contributed by atoms with E-state index in [1.165, 1.54) is 24.2 Å². The van der Waals surface area contributed by atoms with E-state index in [4.69, 9.17) is 13.9 Å². The van der Waals surface area contributed by atoms with Crippen molar-refractivity contribution in [3.8, 4) is 23.3 Å². The molecular weight excluding hydrogens is 460 g/mol. The Balaban J connectivity index is 2.28. The standard InChI is InChI=1S/C25H27F2N3O3S/c1-5-20(29(2)3)24-28-19-13-12-17(9-6-7-14-32-34-4)15-21(19)30(24)23-18(16-31)10-8-11-22(23)33-25(26)27/h8,10-13,15-16,20,25H,5,7,14H2,1-4H3. The lowest BCUT2D eigenvalue weighted by atomic mass is 10.1. The second kappa shape index (κ2) is 12.0. The number of carbonyl (C=O) groups is 1. The first kappa shape index (κ1) is 25.7. The van der Waals surface area contributed by atoms with Crippen molar-refractivity contribution in [2.75, 3.05) is 27.0 Å². The van der Waals surface area contributed by atoms with Crippen LogP contribution in [0.1, 0.15) is 47.6 Å². The molecule has 180 valence electrons. The maximum atomic E-state index is 13.3. The summed E-state index contributed by atoms with van der Waals surface area (Å²) in [6.45, 7) is -0.510. The van der Waals surface area contributed by atoms with Crippen LogP contribution in [0, 0.1) is 11.8 Å². The molecule has 0 fully saturated rings. The number of aromatic nitrogens is 2. The second-order valence-electron chi connectivity index (χ2n) is 7.63. The van der Waals surface area contributed by atoms with E-state index < -0.39 is 6.61 Å². The number of nitrogens with zero attached hydrogens (tertiary/aromatic N) is 3. The number of carbonyl (C=O) groups excluding carboxylic acids is 1. The number of benzene rings is 2. The van der Waals surface area contributed by atoms with Gasteiger partial charge in [-0.1, -0.05) is 24.8 Å². The monoisotopic (exact) mass is 487 g/mol. The van der Waals surface area contributed by atoms with Crippen molar-refractivity contribution in [2.45, 2.75) is 32.4 Å². The number of aldehydes is 1. The summed E-state index contributed by atoms with van der Waals surface area (Å²) in [5, 5.41) is 0. The van der Waals surface area contributed by atoms with Crippen molar-refractivity contribution in [3.05, 3.63) is 53.3 Å². The summed E-state index contributed by atoms with van der Waals surface area (Å²) >= 11 is 1.29. The van der Waals surface area contributed by atoms with Gasteiger partial charge in [-0.25, -0.2) is 4.98 Å². The van der Waals surface area contributed by atoms with Crippen LogP contribution in [0.5, 0.6) is 5.75 Å². The Bertz CT molecular complexity index is 1200. The molecule has 3 rings (SSSR count). The van der Waals surface area contributed by atoms with Gasteiger partial charge in [0.05, 0.1) is 23.7 Å². The zero-order chi connectivity index (χ0) is 24.7. The van der Waals surface area contributed by atoms with E-state index in [0.29, 0.717) is 42.6 Å². The Hall–Kier alpha value is -2.93. The molecule has 0 aliphatic carbocycles. The first-order chi connectivity index (χ1) is 16.4. The van der Waals surface area contributed by atoms with E-state index in [2.05, 4.69) is 11.8 Å². The molecular formula is C25H27F2N3O3S. The third-order valence-electron chi connectivity index (χ3n) is 5.25. The Morgan fingerprint density at radius 2 is 2.06 bits per heavy atom. The van der Waals surface area contributed by atoms with E-state index in [-0.39, 0.29) is 23.0 Å². The zero-order valence-electron chi connectivity index (χ0n) is 19.5. The van der Waals surface area contributed by atoms with Crippen molar-refractivity contribution >= 4 is 29.4 Å². The first-order valence-electron chi connectivity index (χ1n) is 10.8. The Kier molecular flexibility index (Phi) is 9.05. The molecule has 0 radical (unpaired) electrons. The lowest BCUT2D eigenvalue weighted by molar-refractivity contribution is -0.0498. The van der Waals surface area contributed by atoms with Gasteiger partial charge < -0.3 is 8.92 Å². The normalized spacial score (nSPS) is 12.1. The van der Waals surface area contributed by atoms with E-state index in [9.17, 15) is 13.6 Å². The third kappa shape index (κ3) is 5.76. The van der Waals surface area contributed by atoms with Crippen LogP contribution in [0.4, 0.5) is 8.78 Å². The third-order valence-corrected chi connectivity index (χ3v) is 5.65. The smallest absolute Gasteiger partial charge is 0.387 e. The number of para-hydroxylation sites is 1. The first-order valence-corrected chi connectivity index (χ1v) is 11.9. The molecule has 2 aromatic carbocycles. The van der Waals surface area contributed by atoms with Crippen LogP contribution in [-0.4, -0.2) is 54.3 Å².